The lowest BCUT2D eigenvalue weighted by atomic mass is 10.1. The number of thioether (sulfide) groups is 1. The molecule has 0 aromatic rings. The Labute approximate surface area is 103 Å². The van der Waals surface area contributed by atoms with Crippen LogP contribution in [-0.2, 0) is 4.79 Å². The van der Waals surface area contributed by atoms with Gasteiger partial charge in [0, 0.05) is 12.6 Å². The number of amides is 1. The topological polar surface area (TPSA) is 41.1 Å². The lowest BCUT2D eigenvalue weighted by Crippen LogP contribution is -2.47. The second kappa shape index (κ2) is 7.96. The Morgan fingerprint density at radius 1 is 1.62 bits per heavy atom. The molecule has 4 heteroatoms. The van der Waals surface area contributed by atoms with E-state index in [0.29, 0.717) is 6.04 Å². The van der Waals surface area contributed by atoms with Crippen LogP contribution in [0.25, 0.3) is 0 Å². The zero-order valence-corrected chi connectivity index (χ0v) is 11.2. The van der Waals surface area contributed by atoms with Crippen molar-refractivity contribution in [3.63, 3.8) is 0 Å². The molecule has 2 unspecified atom stereocenters. The predicted octanol–water partition coefficient (Wildman–Crippen LogP) is 1.78. The number of carbonyl (C=O) groups excluding carboxylic acids is 1. The number of hydrogen-bond acceptors (Lipinski definition) is 3. The fourth-order valence-electron chi connectivity index (χ4n) is 1.77. The number of hydrogen-bond donors (Lipinski definition) is 2. The molecule has 1 aliphatic rings. The van der Waals surface area contributed by atoms with Crippen LogP contribution in [0.1, 0.15) is 39.5 Å². The molecule has 1 fully saturated rings. The van der Waals surface area contributed by atoms with Gasteiger partial charge in [-0.05, 0) is 38.5 Å². The average Bonchev–Trinajstić information content (AvgIpc) is 2.30. The third-order valence-corrected chi connectivity index (χ3v) is 4.12. The molecule has 1 rings (SSSR count). The minimum atomic E-state index is 0.0912. The van der Waals surface area contributed by atoms with Gasteiger partial charge in [-0.2, -0.15) is 0 Å². The summed E-state index contributed by atoms with van der Waals surface area (Å²) in [6.45, 7) is 6.20. The van der Waals surface area contributed by atoms with E-state index in [4.69, 9.17) is 0 Å². The minimum Gasteiger partial charge on any atom is -0.351 e. The summed E-state index contributed by atoms with van der Waals surface area (Å²) >= 11 is 1.77. The first-order valence-electron chi connectivity index (χ1n) is 6.36. The van der Waals surface area contributed by atoms with Crippen LogP contribution < -0.4 is 10.6 Å². The van der Waals surface area contributed by atoms with Crippen molar-refractivity contribution in [2.45, 2.75) is 50.8 Å². The minimum absolute atomic E-state index is 0.0912. The highest BCUT2D eigenvalue weighted by Crippen LogP contribution is 2.13. The molecule has 3 nitrogen and oxygen atoms in total. The van der Waals surface area contributed by atoms with Crippen molar-refractivity contribution in [3.05, 3.63) is 0 Å². The van der Waals surface area contributed by atoms with E-state index in [9.17, 15) is 4.79 Å². The summed E-state index contributed by atoms with van der Waals surface area (Å²) in [5.74, 6) is 1.29. The van der Waals surface area contributed by atoms with E-state index in [1.165, 1.54) is 19.3 Å². The van der Waals surface area contributed by atoms with Gasteiger partial charge in [0.05, 0.1) is 5.25 Å². The van der Waals surface area contributed by atoms with Gasteiger partial charge in [0.25, 0.3) is 0 Å². The standard InChI is InChI=1S/C12H24N2OS/c1-3-4-8-16-10(2)12(15)14-11-6-5-7-13-9-11/h10-11,13H,3-9H2,1-2H3,(H,14,15). The molecule has 0 spiro atoms. The van der Waals surface area contributed by atoms with Gasteiger partial charge in [-0.25, -0.2) is 0 Å². The molecule has 94 valence electrons. The van der Waals surface area contributed by atoms with Crippen molar-refractivity contribution in [1.29, 1.82) is 0 Å². The summed E-state index contributed by atoms with van der Waals surface area (Å²) in [5.41, 5.74) is 0. The Bertz CT molecular complexity index is 205. The molecule has 1 amide bonds. The second-order valence-corrected chi connectivity index (χ2v) is 5.87. The molecule has 2 atom stereocenters. The molecular weight excluding hydrogens is 220 g/mol. The van der Waals surface area contributed by atoms with Crippen LogP contribution in [-0.4, -0.2) is 36.0 Å². The van der Waals surface area contributed by atoms with Crippen LogP contribution in [0.5, 0.6) is 0 Å². The van der Waals surface area contributed by atoms with Gasteiger partial charge in [-0.1, -0.05) is 13.3 Å². The monoisotopic (exact) mass is 244 g/mol. The Morgan fingerprint density at radius 2 is 2.44 bits per heavy atom. The van der Waals surface area contributed by atoms with Crippen LogP contribution in [0.4, 0.5) is 0 Å². The van der Waals surface area contributed by atoms with E-state index < -0.39 is 0 Å². The number of unbranched alkanes of at least 4 members (excludes halogenated alkanes) is 1. The molecule has 0 aromatic carbocycles. The van der Waals surface area contributed by atoms with E-state index in [2.05, 4.69) is 17.6 Å². The third kappa shape index (κ3) is 5.21. The van der Waals surface area contributed by atoms with Crippen molar-refractivity contribution < 1.29 is 4.79 Å². The average molecular weight is 244 g/mol. The highest BCUT2D eigenvalue weighted by atomic mass is 32.2. The zero-order chi connectivity index (χ0) is 11.8. The first-order valence-corrected chi connectivity index (χ1v) is 7.41. The summed E-state index contributed by atoms with van der Waals surface area (Å²) in [6.07, 6.45) is 4.69. The van der Waals surface area contributed by atoms with Crippen LogP contribution in [0.2, 0.25) is 0 Å². The van der Waals surface area contributed by atoms with Gasteiger partial charge < -0.3 is 10.6 Å². The van der Waals surface area contributed by atoms with Crippen molar-refractivity contribution in [1.82, 2.24) is 10.6 Å². The molecule has 2 N–H and O–H groups in total. The van der Waals surface area contributed by atoms with E-state index in [0.717, 1.165) is 25.3 Å². The van der Waals surface area contributed by atoms with Gasteiger partial charge in [-0.15, -0.1) is 11.8 Å². The summed E-state index contributed by atoms with van der Waals surface area (Å²) in [5, 5.41) is 6.52. The maximum Gasteiger partial charge on any atom is 0.233 e. The number of rotatable bonds is 6. The fourth-order valence-corrected chi connectivity index (χ4v) is 2.80. The van der Waals surface area contributed by atoms with E-state index >= 15 is 0 Å². The molecule has 0 bridgehead atoms. The van der Waals surface area contributed by atoms with Crippen molar-refractivity contribution in [2.24, 2.45) is 0 Å². The molecule has 0 aliphatic carbocycles. The summed E-state index contributed by atoms with van der Waals surface area (Å²) in [6, 6.07) is 0.343. The Hall–Kier alpha value is -0.220. The highest BCUT2D eigenvalue weighted by Gasteiger charge is 2.19. The van der Waals surface area contributed by atoms with Crippen LogP contribution in [0.3, 0.4) is 0 Å². The highest BCUT2D eigenvalue weighted by molar-refractivity contribution is 8.00. The quantitative estimate of drug-likeness (QED) is 0.700. The maximum absolute atomic E-state index is 11.8. The predicted molar refractivity (Wildman–Crippen MR) is 70.9 cm³/mol. The maximum atomic E-state index is 11.8. The summed E-state index contributed by atoms with van der Waals surface area (Å²) < 4.78 is 0. The SMILES string of the molecule is CCCCSC(C)C(=O)NC1CCCNC1. The lowest BCUT2D eigenvalue weighted by molar-refractivity contribution is -0.121. The van der Waals surface area contributed by atoms with E-state index in [1.807, 2.05) is 6.92 Å². The second-order valence-electron chi connectivity index (χ2n) is 4.42. The molecule has 16 heavy (non-hydrogen) atoms. The number of carbonyl (C=O) groups is 1. The Kier molecular flexibility index (Phi) is 6.88. The Morgan fingerprint density at radius 3 is 3.06 bits per heavy atom. The van der Waals surface area contributed by atoms with Gasteiger partial charge in [0.2, 0.25) is 5.91 Å². The molecular formula is C12H24N2OS. The van der Waals surface area contributed by atoms with E-state index in [1.54, 1.807) is 11.8 Å². The fraction of sp³-hybridized carbons (Fsp3) is 0.917. The molecule has 1 saturated heterocycles. The van der Waals surface area contributed by atoms with Crippen LogP contribution in [0, 0.1) is 0 Å². The molecule has 0 aromatic heterocycles. The summed E-state index contributed by atoms with van der Waals surface area (Å²) in [7, 11) is 0. The third-order valence-electron chi connectivity index (χ3n) is 2.88. The number of nitrogens with one attached hydrogen (secondary N) is 2. The summed E-state index contributed by atoms with van der Waals surface area (Å²) in [4.78, 5) is 11.8. The molecule has 1 heterocycles. The van der Waals surface area contributed by atoms with Crippen molar-refractivity contribution in [3.8, 4) is 0 Å². The van der Waals surface area contributed by atoms with Gasteiger partial charge in [0.1, 0.15) is 0 Å². The first kappa shape index (κ1) is 13.8. The normalized spacial score (nSPS) is 22.8. The van der Waals surface area contributed by atoms with Crippen LogP contribution >= 0.6 is 11.8 Å². The first-order chi connectivity index (χ1) is 7.74. The van der Waals surface area contributed by atoms with Crippen molar-refractivity contribution >= 4 is 17.7 Å². The van der Waals surface area contributed by atoms with E-state index in [-0.39, 0.29) is 11.2 Å². The van der Waals surface area contributed by atoms with Gasteiger partial charge in [0.15, 0.2) is 0 Å². The smallest absolute Gasteiger partial charge is 0.233 e. The molecule has 0 radical (unpaired) electrons. The van der Waals surface area contributed by atoms with Gasteiger partial charge in [-0.3, -0.25) is 4.79 Å². The molecule has 0 saturated carbocycles. The molecule has 1 aliphatic heterocycles. The number of piperidine rings is 1. The zero-order valence-electron chi connectivity index (χ0n) is 10.4. The van der Waals surface area contributed by atoms with Crippen molar-refractivity contribution in [2.75, 3.05) is 18.8 Å². The Balaban J connectivity index is 2.16. The largest absolute Gasteiger partial charge is 0.351 e. The lowest BCUT2D eigenvalue weighted by Gasteiger charge is -2.25. The van der Waals surface area contributed by atoms with Gasteiger partial charge >= 0.3 is 0 Å². The van der Waals surface area contributed by atoms with Crippen LogP contribution in [0.15, 0.2) is 0 Å².